The number of benzene rings is 1. The van der Waals surface area contributed by atoms with Gasteiger partial charge in [-0.25, -0.2) is 14.4 Å². The van der Waals surface area contributed by atoms with Gasteiger partial charge in [0.15, 0.2) is 17.5 Å². The maximum Gasteiger partial charge on any atom is 0.216 e. The molecule has 1 aromatic carbocycles. The molecule has 0 bridgehead atoms. The number of hydrogen-bond donors (Lipinski definition) is 2. The van der Waals surface area contributed by atoms with Gasteiger partial charge in [0.2, 0.25) is 5.89 Å². The highest BCUT2D eigenvalue weighted by molar-refractivity contribution is 5.79. The van der Waals surface area contributed by atoms with Crippen molar-refractivity contribution in [2.45, 2.75) is 40.3 Å². The normalized spacial score (nSPS) is 12.8. The van der Waals surface area contributed by atoms with Crippen molar-refractivity contribution in [3.8, 4) is 5.75 Å². The van der Waals surface area contributed by atoms with Crippen LogP contribution in [0.15, 0.2) is 33.7 Å². The Hall–Kier alpha value is -2.57. The van der Waals surface area contributed by atoms with Crippen LogP contribution in [0.1, 0.15) is 31.2 Å². The molecule has 2 N–H and O–H groups in total. The zero-order valence-corrected chi connectivity index (χ0v) is 15.1. The van der Waals surface area contributed by atoms with E-state index >= 15 is 0 Å². The number of para-hydroxylation sites is 1. The monoisotopic (exact) mass is 348 g/mol. The van der Waals surface area contributed by atoms with E-state index in [1.54, 1.807) is 18.2 Å². The van der Waals surface area contributed by atoms with Gasteiger partial charge < -0.3 is 19.8 Å². The zero-order valence-electron chi connectivity index (χ0n) is 15.1. The minimum Gasteiger partial charge on any atom is -0.486 e. The van der Waals surface area contributed by atoms with Crippen LogP contribution < -0.4 is 15.4 Å². The van der Waals surface area contributed by atoms with Gasteiger partial charge >= 0.3 is 0 Å². The van der Waals surface area contributed by atoms with Crippen molar-refractivity contribution in [3.63, 3.8) is 0 Å². The third kappa shape index (κ3) is 5.77. The Bertz CT molecular complexity index is 695. The summed E-state index contributed by atoms with van der Waals surface area (Å²) in [4.78, 5) is 8.75. The molecule has 7 heteroatoms. The molecule has 0 aliphatic rings. The van der Waals surface area contributed by atoms with Crippen molar-refractivity contribution in [1.82, 2.24) is 15.6 Å². The molecular formula is C18H25FN4O2. The van der Waals surface area contributed by atoms with E-state index in [1.165, 1.54) is 6.07 Å². The van der Waals surface area contributed by atoms with Gasteiger partial charge in [-0.15, -0.1) is 0 Å². The first-order valence-corrected chi connectivity index (χ1v) is 8.35. The molecule has 0 fully saturated rings. The summed E-state index contributed by atoms with van der Waals surface area (Å²) in [7, 11) is 0. The molecule has 1 aromatic heterocycles. The van der Waals surface area contributed by atoms with Crippen LogP contribution in [-0.2, 0) is 6.54 Å². The fourth-order valence-electron chi connectivity index (χ4n) is 2.13. The van der Waals surface area contributed by atoms with E-state index in [2.05, 4.69) is 20.6 Å². The fourth-order valence-corrected chi connectivity index (χ4v) is 2.13. The van der Waals surface area contributed by atoms with Gasteiger partial charge in [0.1, 0.15) is 18.4 Å². The van der Waals surface area contributed by atoms with E-state index in [1.807, 2.05) is 27.7 Å². The molecule has 0 radical (unpaired) electrons. The maximum atomic E-state index is 13.6. The van der Waals surface area contributed by atoms with Crippen molar-refractivity contribution >= 4 is 5.96 Å². The van der Waals surface area contributed by atoms with Crippen LogP contribution in [0, 0.1) is 19.7 Å². The standard InChI is InChI=1S/C18H25FN4O2/c1-5-20-18(22-11-17-23-13(3)14(4)25-17)21-10-12(2)24-16-9-7-6-8-15(16)19/h6-9,12H,5,10-11H2,1-4H3,(H2,20,21,22). The van der Waals surface area contributed by atoms with Crippen molar-refractivity contribution in [3.05, 3.63) is 47.4 Å². The predicted molar refractivity (Wildman–Crippen MR) is 95.3 cm³/mol. The van der Waals surface area contributed by atoms with Crippen LogP contribution in [0.25, 0.3) is 0 Å². The van der Waals surface area contributed by atoms with Crippen molar-refractivity contribution < 1.29 is 13.5 Å². The van der Waals surface area contributed by atoms with Crippen LogP contribution in [-0.4, -0.2) is 30.1 Å². The Balaban J connectivity index is 1.89. The number of ether oxygens (including phenoxy) is 1. The summed E-state index contributed by atoms with van der Waals surface area (Å²) in [5.74, 6) is 1.87. The van der Waals surface area contributed by atoms with E-state index < -0.39 is 0 Å². The molecule has 1 heterocycles. The van der Waals surface area contributed by atoms with Crippen LogP contribution in [0.2, 0.25) is 0 Å². The Labute approximate surface area is 147 Å². The summed E-state index contributed by atoms with van der Waals surface area (Å²) < 4.78 is 24.7. The van der Waals surface area contributed by atoms with Crippen molar-refractivity contribution in [2.75, 3.05) is 13.1 Å². The Morgan fingerprint density at radius 2 is 2.08 bits per heavy atom. The average Bonchev–Trinajstić information content (AvgIpc) is 2.90. The summed E-state index contributed by atoms with van der Waals surface area (Å²) in [5, 5.41) is 6.32. The summed E-state index contributed by atoms with van der Waals surface area (Å²) >= 11 is 0. The van der Waals surface area contributed by atoms with Gasteiger partial charge in [0, 0.05) is 6.54 Å². The molecule has 136 valence electrons. The third-order valence-corrected chi connectivity index (χ3v) is 3.51. The van der Waals surface area contributed by atoms with Crippen molar-refractivity contribution in [1.29, 1.82) is 0 Å². The first-order chi connectivity index (χ1) is 12.0. The number of oxazole rings is 1. The lowest BCUT2D eigenvalue weighted by molar-refractivity contribution is 0.214. The molecule has 0 aliphatic heterocycles. The highest BCUT2D eigenvalue weighted by atomic mass is 19.1. The molecule has 1 unspecified atom stereocenters. The largest absolute Gasteiger partial charge is 0.486 e. The molecule has 25 heavy (non-hydrogen) atoms. The fraction of sp³-hybridized carbons (Fsp3) is 0.444. The lowest BCUT2D eigenvalue weighted by Crippen LogP contribution is -2.41. The van der Waals surface area contributed by atoms with Gasteiger partial charge in [-0.1, -0.05) is 12.1 Å². The first-order valence-electron chi connectivity index (χ1n) is 8.35. The number of nitrogens with zero attached hydrogens (tertiary/aromatic N) is 2. The van der Waals surface area contributed by atoms with E-state index in [0.29, 0.717) is 24.9 Å². The topological polar surface area (TPSA) is 71.7 Å². The second-order valence-electron chi connectivity index (χ2n) is 5.68. The van der Waals surface area contributed by atoms with Gasteiger partial charge in [-0.05, 0) is 39.8 Å². The van der Waals surface area contributed by atoms with E-state index in [4.69, 9.17) is 9.15 Å². The molecular weight excluding hydrogens is 323 g/mol. The Morgan fingerprint density at radius 1 is 1.32 bits per heavy atom. The SMILES string of the molecule is CCNC(=NCc1nc(C)c(C)o1)NCC(C)Oc1ccccc1F. The number of rotatable bonds is 7. The molecule has 6 nitrogen and oxygen atoms in total. The van der Waals surface area contributed by atoms with Gasteiger partial charge in [0.25, 0.3) is 0 Å². The molecule has 1 atom stereocenters. The quantitative estimate of drug-likeness (QED) is 0.595. The van der Waals surface area contributed by atoms with Gasteiger partial charge in [-0.3, -0.25) is 0 Å². The average molecular weight is 348 g/mol. The summed E-state index contributed by atoms with van der Waals surface area (Å²) in [5.41, 5.74) is 0.870. The first kappa shape index (κ1) is 18.8. The Kier molecular flexibility index (Phi) is 6.80. The number of aromatic nitrogens is 1. The predicted octanol–water partition coefficient (Wildman–Crippen LogP) is 2.95. The molecule has 0 saturated heterocycles. The Morgan fingerprint density at radius 3 is 2.72 bits per heavy atom. The van der Waals surface area contributed by atoms with Crippen LogP contribution in [0.5, 0.6) is 5.75 Å². The second kappa shape index (κ2) is 9.05. The summed E-state index contributed by atoms with van der Waals surface area (Å²) in [6, 6.07) is 6.36. The molecule has 0 aliphatic carbocycles. The molecule has 0 spiro atoms. The van der Waals surface area contributed by atoms with E-state index in [9.17, 15) is 4.39 Å². The highest BCUT2D eigenvalue weighted by Crippen LogP contribution is 2.16. The highest BCUT2D eigenvalue weighted by Gasteiger charge is 2.09. The molecule has 0 amide bonds. The lowest BCUT2D eigenvalue weighted by Gasteiger charge is -2.17. The number of halogens is 1. The molecule has 2 rings (SSSR count). The van der Waals surface area contributed by atoms with Gasteiger partial charge in [-0.2, -0.15) is 0 Å². The van der Waals surface area contributed by atoms with Crippen molar-refractivity contribution in [2.24, 2.45) is 4.99 Å². The minimum absolute atomic E-state index is 0.230. The van der Waals surface area contributed by atoms with Crippen LogP contribution in [0.4, 0.5) is 4.39 Å². The number of nitrogens with one attached hydrogen (secondary N) is 2. The smallest absolute Gasteiger partial charge is 0.216 e. The molecule has 2 aromatic rings. The van der Waals surface area contributed by atoms with E-state index in [-0.39, 0.29) is 17.7 Å². The maximum absolute atomic E-state index is 13.6. The van der Waals surface area contributed by atoms with E-state index in [0.717, 1.165) is 18.0 Å². The number of aliphatic imine (C=N–C) groups is 1. The number of hydrogen-bond acceptors (Lipinski definition) is 4. The van der Waals surface area contributed by atoms with Gasteiger partial charge in [0.05, 0.1) is 12.2 Å². The summed E-state index contributed by atoms with van der Waals surface area (Å²) in [6.45, 7) is 9.16. The molecule has 0 saturated carbocycles. The number of guanidine groups is 1. The second-order valence-corrected chi connectivity index (χ2v) is 5.68. The number of aryl methyl sites for hydroxylation is 2. The summed E-state index contributed by atoms with van der Waals surface area (Å²) in [6.07, 6.45) is -0.230. The van der Waals surface area contributed by atoms with Crippen LogP contribution in [0.3, 0.4) is 0 Å². The minimum atomic E-state index is -0.371. The third-order valence-electron chi connectivity index (χ3n) is 3.51. The van der Waals surface area contributed by atoms with Crippen LogP contribution >= 0.6 is 0 Å². The zero-order chi connectivity index (χ0) is 18.2. The lowest BCUT2D eigenvalue weighted by atomic mass is 10.3.